The zero-order chi connectivity index (χ0) is 11.2. The highest BCUT2D eigenvalue weighted by Gasteiger charge is 2.35. The van der Waals surface area contributed by atoms with Gasteiger partial charge in [-0.25, -0.2) is 4.98 Å². The average Bonchev–Trinajstić information content (AvgIpc) is 2.55. The van der Waals surface area contributed by atoms with Crippen molar-refractivity contribution in [1.29, 1.82) is 0 Å². The second kappa shape index (κ2) is 3.10. The number of rotatable bonds is 0. The van der Waals surface area contributed by atoms with Gasteiger partial charge < -0.3 is 5.11 Å². The van der Waals surface area contributed by atoms with Crippen LogP contribution < -0.4 is 0 Å². The van der Waals surface area contributed by atoms with Crippen LogP contribution in [0.4, 0.5) is 13.2 Å². The summed E-state index contributed by atoms with van der Waals surface area (Å²) in [5.41, 5.74) is 0.536. The minimum Gasteiger partial charge on any atom is -0.505 e. The second-order valence-corrected chi connectivity index (χ2v) is 4.13. The van der Waals surface area contributed by atoms with Crippen LogP contribution >= 0.6 is 11.3 Å². The third-order valence-corrected chi connectivity index (χ3v) is 3.04. The molecule has 2 nitrogen and oxygen atoms in total. The molecule has 0 bridgehead atoms. The Balaban J connectivity index is 2.72. The van der Waals surface area contributed by atoms with Gasteiger partial charge in [0.05, 0.1) is 4.70 Å². The van der Waals surface area contributed by atoms with E-state index in [4.69, 9.17) is 0 Å². The van der Waals surface area contributed by atoms with E-state index < -0.39 is 11.2 Å². The molecule has 0 fully saturated rings. The van der Waals surface area contributed by atoms with Crippen LogP contribution in [-0.2, 0) is 6.18 Å². The Labute approximate surface area is 87.0 Å². The Bertz CT molecular complexity index is 518. The second-order valence-electron chi connectivity index (χ2n) is 3.09. The topological polar surface area (TPSA) is 33.1 Å². The van der Waals surface area contributed by atoms with Crippen LogP contribution in [0.3, 0.4) is 0 Å². The number of hydrogen-bond acceptors (Lipinski definition) is 3. The lowest BCUT2D eigenvalue weighted by atomic mass is 10.2. The monoisotopic (exact) mass is 233 g/mol. The quantitative estimate of drug-likeness (QED) is 0.757. The lowest BCUT2D eigenvalue weighted by Gasteiger charge is -1.98. The first-order chi connectivity index (χ1) is 6.89. The fraction of sp³-hybridized carbons (Fsp3) is 0.222. The Morgan fingerprint density at radius 3 is 2.60 bits per heavy atom. The van der Waals surface area contributed by atoms with Crippen LogP contribution in [0.15, 0.2) is 12.1 Å². The number of phenolic OH excluding ortho intramolecular Hbond substituents is 1. The lowest BCUT2D eigenvalue weighted by molar-refractivity contribution is -0.137. The van der Waals surface area contributed by atoms with Crippen molar-refractivity contribution >= 4 is 21.6 Å². The first kappa shape index (κ1) is 10.2. The van der Waals surface area contributed by atoms with Crippen molar-refractivity contribution in [3.05, 3.63) is 22.7 Å². The Morgan fingerprint density at radius 2 is 2.00 bits per heavy atom. The molecule has 15 heavy (non-hydrogen) atoms. The molecule has 0 radical (unpaired) electrons. The van der Waals surface area contributed by atoms with Crippen LogP contribution in [0, 0.1) is 6.92 Å². The van der Waals surface area contributed by atoms with E-state index in [2.05, 4.69) is 4.98 Å². The van der Waals surface area contributed by atoms with Gasteiger partial charge in [-0.15, -0.1) is 11.3 Å². The zero-order valence-corrected chi connectivity index (χ0v) is 8.41. The summed E-state index contributed by atoms with van der Waals surface area (Å²) in [6, 6.07) is 3.09. The molecular weight excluding hydrogens is 227 g/mol. The number of phenols is 1. The van der Waals surface area contributed by atoms with E-state index in [1.807, 2.05) is 0 Å². The maximum absolute atomic E-state index is 12.3. The third-order valence-electron chi connectivity index (χ3n) is 1.98. The molecule has 0 aliphatic carbocycles. The van der Waals surface area contributed by atoms with E-state index in [9.17, 15) is 18.3 Å². The molecule has 0 amide bonds. The molecule has 0 spiro atoms. The lowest BCUT2D eigenvalue weighted by Crippen LogP contribution is -2.03. The van der Waals surface area contributed by atoms with Crippen LogP contribution in [0.1, 0.15) is 10.6 Å². The van der Waals surface area contributed by atoms with Gasteiger partial charge in [0.15, 0.2) is 5.01 Å². The number of aromatic hydroxyl groups is 1. The van der Waals surface area contributed by atoms with Gasteiger partial charge in [0.1, 0.15) is 11.3 Å². The molecule has 6 heteroatoms. The van der Waals surface area contributed by atoms with Gasteiger partial charge in [0, 0.05) is 0 Å². The molecule has 0 aliphatic rings. The molecule has 1 heterocycles. The largest absolute Gasteiger partial charge is 0.505 e. The number of alkyl halides is 3. The molecule has 1 aromatic heterocycles. The highest BCUT2D eigenvalue weighted by Crippen LogP contribution is 2.38. The van der Waals surface area contributed by atoms with Crippen LogP contribution in [0.5, 0.6) is 5.75 Å². The van der Waals surface area contributed by atoms with E-state index in [0.29, 0.717) is 21.6 Å². The van der Waals surface area contributed by atoms with E-state index >= 15 is 0 Å². The molecule has 1 N–H and O–H groups in total. The van der Waals surface area contributed by atoms with Gasteiger partial charge in [0.2, 0.25) is 0 Å². The first-order valence-electron chi connectivity index (χ1n) is 4.06. The fourth-order valence-corrected chi connectivity index (χ4v) is 2.04. The summed E-state index contributed by atoms with van der Waals surface area (Å²) < 4.78 is 37.3. The van der Waals surface area contributed by atoms with Crippen LogP contribution in [-0.4, -0.2) is 10.1 Å². The maximum atomic E-state index is 12.3. The molecule has 0 saturated heterocycles. The molecule has 0 unspecified atom stereocenters. The Morgan fingerprint density at radius 1 is 1.33 bits per heavy atom. The highest BCUT2D eigenvalue weighted by atomic mass is 32.1. The summed E-state index contributed by atoms with van der Waals surface area (Å²) in [7, 11) is 0. The molecule has 0 aliphatic heterocycles. The maximum Gasteiger partial charge on any atom is 0.443 e. The van der Waals surface area contributed by atoms with Crippen molar-refractivity contribution in [2.24, 2.45) is 0 Å². The first-order valence-corrected chi connectivity index (χ1v) is 4.87. The van der Waals surface area contributed by atoms with Gasteiger partial charge in [0.25, 0.3) is 0 Å². The Kier molecular flexibility index (Phi) is 2.11. The number of thiazole rings is 1. The molecule has 2 aromatic rings. The highest BCUT2D eigenvalue weighted by molar-refractivity contribution is 7.18. The molecule has 80 valence electrons. The van der Waals surface area contributed by atoms with Crippen molar-refractivity contribution in [3.63, 3.8) is 0 Å². The van der Waals surface area contributed by atoms with Gasteiger partial charge >= 0.3 is 6.18 Å². The summed E-state index contributed by atoms with van der Waals surface area (Å²) in [4.78, 5) is 3.39. The Hall–Kier alpha value is -1.30. The van der Waals surface area contributed by atoms with Crippen molar-refractivity contribution in [2.45, 2.75) is 13.1 Å². The zero-order valence-electron chi connectivity index (χ0n) is 7.59. The van der Waals surface area contributed by atoms with E-state index in [-0.39, 0.29) is 11.3 Å². The summed E-state index contributed by atoms with van der Waals surface area (Å²) in [5, 5.41) is 8.58. The molecule has 2 rings (SSSR count). The van der Waals surface area contributed by atoms with Crippen molar-refractivity contribution in [1.82, 2.24) is 4.98 Å². The number of aryl methyl sites for hydroxylation is 1. The van der Waals surface area contributed by atoms with E-state index in [0.717, 1.165) is 0 Å². The van der Waals surface area contributed by atoms with Crippen molar-refractivity contribution in [2.75, 3.05) is 0 Å². The predicted molar refractivity (Wildman–Crippen MR) is 51.0 cm³/mol. The number of hydrogen-bond donors (Lipinski definition) is 1. The molecule has 0 atom stereocenters. The van der Waals surface area contributed by atoms with Gasteiger partial charge in [-0.05, 0) is 18.6 Å². The number of halogens is 3. The number of benzene rings is 1. The van der Waals surface area contributed by atoms with Crippen molar-refractivity contribution in [3.8, 4) is 5.75 Å². The SMILES string of the molecule is Cc1ccc2sc(C(F)(F)F)nc2c1O. The summed E-state index contributed by atoms with van der Waals surface area (Å²) >= 11 is 0.531. The smallest absolute Gasteiger partial charge is 0.443 e. The average molecular weight is 233 g/mol. The number of fused-ring (bicyclic) bond motifs is 1. The van der Waals surface area contributed by atoms with Gasteiger partial charge in [-0.1, -0.05) is 6.07 Å². The van der Waals surface area contributed by atoms with E-state index in [1.54, 1.807) is 13.0 Å². The molecule has 0 saturated carbocycles. The minimum absolute atomic E-state index is 0.0207. The summed E-state index contributed by atoms with van der Waals surface area (Å²) in [6.07, 6.45) is -4.45. The van der Waals surface area contributed by atoms with E-state index in [1.165, 1.54) is 6.07 Å². The van der Waals surface area contributed by atoms with Crippen LogP contribution in [0.2, 0.25) is 0 Å². The van der Waals surface area contributed by atoms with Crippen molar-refractivity contribution < 1.29 is 18.3 Å². The third kappa shape index (κ3) is 1.65. The predicted octanol–water partition coefficient (Wildman–Crippen LogP) is 3.33. The van der Waals surface area contributed by atoms with Gasteiger partial charge in [-0.2, -0.15) is 13.2 Å². The normalized spacial score (nSPS) is 12.3. The summed E-state index contributed by atoms with van der Waals surface area (Å²) in [6.45, 7) is 1.61. The minimum atomic E-state index is -4.45. The molecular formula is C9H6F3NOS. The number of aromatic nitrogens is 1. The number of nitrogens with zero attached hydrogens (tertiary/aromatic N) is 1. The fourth-order valence-electron chi connectivity index (χ4n) is 1.20. The van der Waals surface area contributed by atoms with Gasteiger partial charge in [-0.3, -0.25) is 0 Å². The summed E-state index contributed by atoms with van der Waals surface area (Å²) in [5.74, 6) is -0.181. The molecule has 1 aromatic carbocycles. The standard InChI is InChI=1S/C9H6F3NOS/c1-4-2-3-5-6(7(4)14)13-8(15-5)9(10,11)12/h2-3,14H,1H3. The van der Waals surface area contributed by atoms with Crippen LogP contribution in [0.25, 0.3) is 10.2 Å².